The Bertz CT molecular complexity index is 590. The Morgan fingerprint density at radius 1 is 1.05 bits per heavy atom. The minimum Gasteiger partial charge on any atom is -0.384 e. The van der Waals surface area contributed by atoms with Crippen molar-refractivity contribution in [2.75, 3.05) is 0 Å². The summed E-state index contributed by atoms with van der Waals surface area (Å²) in [5.41, 5.74) is 3.19. The van der Waals surface area contributed by atoms with Crippen LogP contribution in [0.25, 0.3) is 0 Å². The van der Waals surface area contributed by atoms with Crippen LogP contribution in [0.1, 0.15) is 42.2 Å². The molecule has 0 saturated heterocycles. The fraction of sp³-hybridized carbons (Fsp3) is 0.333. The maximum absolute atomic E-state index is 13.6. The number of aliphatic hydroxyl groups excluding tert-OH is 1. The first-order valence-corrected chi connectivity index (χ1v) is 7.00. The Morgan fingerprint density at radius 2 is 1.75 bits per heavy atom. The van der Waals surface area contributed by atoms with E-state index in [1.54, 1.807) is 19.1 Å². The first-order valence-electron chi connectivity index (χ1n) is 7.00. The maximum Gasteiger partial charge on any atom is 0.126 e. The van der Waals surface area contributed by atoms with E-state index in [4.69, 9.17) is 0 Å². The zero-order chi connectivity index (χ0) is 14.7. The molecule has 0 bridgehead atoms. The monoisotopic (exact) mass is 272 g/mol. The van der Waals surface area contributed by atoms with E-state index in [0.29, 0.717) is 17.0 Å². The molecule has 0 radical (unpaired) electrons. The molecule has 1 atom stereocenters. The number of rotatable bonds is 4. The van der Waals surface area contributed by atoms with Gasteiger partial charge in [0.25, 0.3) is 0 Å². The van der Waals surface area contributed by atoms with Crippen LogP contribution in [0.2, 0.25) is 0 Å². The lowest BCUT2D eigenvalue weighted by Crippen LogP contribution is -2.02. The molecular formula is C18H21FO. The van der Waals surface area contributed by atoms with Gasteiger partial charge >= 0.3 is 0 Å². The zero-order valence-electron chi connectivity index (χ0n) is 12.2. The molecule has 2 heteroatoms. The molecule has 0 aliphatic carbocycles. The Hall–Kier alpha value is -1.67. The summed E-state index contributed by atoms with van der Waals surface area (Å²) in [6, 6.07) is 12.8. The number of hydrogen-bond donors (Lipinski definition) is 1. The molecule has 1 nitrogen and oxygen atoms in total. The van der Waals surface area contributed by atoms with Gasteiger partial charge in [0.15, 0.2) is 0 Å². The first-order chi connectivity index (χ1) is 9.47. The predicted octanol–water partition coefficient (Wildman–Crippen LogP) is 4.41. The molecule has 20 heavy (non-hydrogen) atoms. The second-order valence-electron chi connectivity index (χ2n) is 5.75. The third-order valence-electron chi connectivity index (χ3n) is 3.42. The molecule has 2 aromatic rings. The maximum atomic E-state index is 13.6. The molecular weight excluding hydrogens is 251 g/mol. The molecule has 0 aliphatic heterocycles. The average molecular weight is 272 g/mol. The first kappa shape index (κ1) is 14.7. The summed E-state index contributed by atoms with van der Waals surface area (Å²) >= 11 is 0. The molecule has 0 heterocycles. The summed E-state index contributed by atoms with van der Waals surface area (Å²) in [4.78, 5) is 0. The van der Waals surface area contributed by atoms with E-state index >= 15 is 0 Å². The van der Waals surface area contributed by atoms with Crippen molar-refractivity contribution in [1.29, 1.82) is 0 Å². The summed E-state index contributed by atoms with van der Waals surface area (Å²) in [6.45, 7) is 6.05. The van der Waals surface area contributed by atoms with Crippen LogP contribution in [0.15, 0.2) is 42.5 Å². The van der Waals surface area contributed by atoms with Crippen LogP contribution in [-0.2, 0) is 6.42 Å². The average Bonchev–Trinajstić information content (AvgIpc) is 2.40. The minimum atomic E-state index is -0.780. The highest BCUT2D eigenvalue weighted by atomic mass is 19.1. The standard InChI is InChI=1S/C18H21FO/c1-12(2)9-14-5-4-6-15(10-14)18(20)16-8-7-13(3)17(19)11-16/h4-8,10-12,18,20H,9H2,1-3H3. The van der Waals surface area contributed by atoms with Crippen molar-refractivity contribution in [3.05, 3.63) is 70.5 Å². The lowest BCUT2D eigenvalue weighted by Gasteiger charge is -2.14. The fourth-order valence-electron chi connectivity index (χ4n) is 2.33. The van der Waals surface area contributed by atoms with Crippen molar-refractivity contribution < 1.29 is 9.50 Å². The number of hydrogen-bond acceptors (Lipinski definition) is 1. The molecule has 1 unspecified atom stereocenters. The molecule has 2 rings (SSSR count). The molecule has 0 aromatic heterocycles. The molecule has 0 spiro atoms. The van der Waals surface area contributed by atoms with Crippen LogP contribution < -0.4 is 0 Å². The third-order valence-corrected chi connectivity index (χ3v) is 3.42. The Balaban J connectivity index is 2.28. The van der Waals surface area contributed by atoms with Gasteiger partial charge in [-0.15, -0.1) is 0 Å². The van der Waals surface area contributed by atoms with E-state index in [9.17, 15) is 9.50 Å². The van der Waals surface area contributed by atoms with Gasteiger partial charge in [0.05, 0.1) is 0 Å². The van der Waals surface area contributed by atoms with Gasteiger partial charge in [-0.25, -0.2) is 4.39 Å². The van der Waals surface area contributed by atoms with Gasteiger partial charge in [0.2, 0.25) is 0 Å². The Labute approximate surface area is 120 Å². The summed E-state index contributed by atoms with van der Waals surface area (Å²) < 4.78 is 13.6. The summed E-state index contributed by atoms with van der Waals surface area (Å²) in [5, 5.41) is 10.4. The van der Waals surface area contributed by atoms with E-state index < -0.39 is 6.10 Å². The highest BCUT2D eigenvalue weighted by molar-refractivity contribution is 5.34. The smallest absolute Gasteiger partial charge is 0.126 e. The molecule has 2 aromatic carbocycles. The quantitative estimate of drug-likeness (QED) is 0.873. The minimum absolute atomic E-state index is 0.278. The van der Waals surface area contributed by atoms with Crippen LogP contribution in [-0.4, -0.2) is 5.11 Å². The third kappa shape index (κ3) is 3.45. The molecule has 0 saturated carbocycles. The highest BCUT2D eigenvalue weighted by Gasteiger charge is 2.12. The topological polar surface area (TPSA) is 20.2 Å². The zero-order valence-corrected chi connectivity index (χ0v) is 12.2. The number of halogens is 1. The van der Waals surface area contributed by atoms with Crippen molar-refractivity contribution in [3.63, 3.8) is 0 Å². The summed E-state index contributed by atoms with van der Waals surface area (Å²) in [7, 11) is 0. The largest absolute Gasteiger partial charge is 0.384 e. The van der Waals surface area contributed by atoms with Gasteiger partial charge in [-0.2, -0.15) is 0 Å². The highest BCUT2D eigenvalue weighted by Crippen LogP contribution is 2.24. The summed E-state index contributed by atoms with van der Waals surface area (Å²) in [5.74, 6) is 0.291. The fourth-order valence-corrected chi connectivity index (χ4v) is 2.33. The van der Waals surface area contributed by atoms with Crippen LogP contribution in [0, 0.1) is 18.7 Å². The van der Waals surface area contributed by atoms with E-state index in [-0.39, 0.29) is 5.82 Å². The predicted molar refractivity (Wildman–Crippen MR) is 80.2 cm³/mol. The van der Waals surface area contributed by atoms with Gasteiger partial charge in [0, 0.05) is 0 Å². The van der Waals surface area contributed by atoms with Crippen LogP contribution in [0.3, 0.4) is 0 Å². The van der Waals surface area contributed by atoms with E-state index in [2.05, 4.69) is 19.9 Å². The van der Waals surface area contributed by atoms with Crippen LogP contribution in [0.4, 0.5) is 4.39 Å². The Morgan fingerprint density at radius 3 is 2.40 bits per heavy atom. The van der Waals surface area contributed by atoms with Crippen LogP contribution >= 0.6 is 0 Å². The van der Waals surface area contributed by atoms with Gasteiger partial charge in [-0.1, -0.05) is 50.2 Å². The van der Waals surface area contributed by atoms with Gasteiger partial charge in [0.1, 0.15) is 11.9 Å². The van der Waals surface area contributed by atoms with E-state index in [1.807, 2.05) is 18.2 Å². The van der Waals surface area contributed by atoms with Gasteiger partial charge < -0.3 is 5.11 Å². The molecule has 0 fully saturated rings. The SMILES string of the molecule is Cc1ccc(C(O)c2cccc(CC(C)C)c2)cc1F. The normalized spacial score (nSPS) is 12.7. The molecule has 0 amide bonds. The van der Waals surface area contributed by atoms with Gasteiger partial charge in [-0.05, 0) is 47.6 Å². The van der Waals surface area contributed by atoms with Crippen molar-refractivity contribution >= 4 is 0 Å². The number of aryl methyl sites for hydroxylation is 1. The number of aliphatic hydroxyl groups is 1. The van der Waals surface area contributed by atoms with E-state index in [1.165, 1.54) is 11.6 Å². The van der Waals surface area contributed by atoms with E-state index in [0.717, 1.165) is 12.0 Å². The second-order valence-corrected chi connectivity index (χ2v) is 5.75. The second kappa shape index (κ2) is 6.19. The summed E-state index contributed by atoms with van der Waals surface area (Å²) in [6.07, 6.45) is 0.195. The molecule has 0 aliphatic rings. The van der Waals surface area contributed by atoms with Crippen LogP contribution in [0.5, 0.6) is 0 Å². The molecule has 1 N–H and O–H groups in total. The lowest BCUT2D eigenvalue weighted by molar-refractivity contribution is 0.219. The Kier molecular flexibility index (Phi) is 4.56. The lowest BCUT2D eigenvalue weighted by atomic mass is 9.96. The van der Waals surface area contributed by atoms with Crippen molar-refractivity contribution in [1.82, 2.24) is 0 Å². The number of benzene rings is 2. The molecule has 106 valence electrons. The van der Waals surface area contributed by atoms with Crippen molar-refractivity contribution in [2.24, 2.45) is 5.92 Å². The van der Waals surface area contributed by atoms with Crippen molar-refractivity contribution in [2.45, 2.75) is 33.3 Å². The van der Waals surface area contributed by atoms with Gasteiger partial charge in [-0.3, -0.25) is 0 Å². The van der Waals surface area contributed by atoms with Crippen molar-refractivity contribution in [3.8, 4) is 0 Å².